The van der Waals surface area contributed by atoms with E-state index in [1.165, 1.54) is 7.11 Å². The minimum Gasteiger partial charge on any atom is -0.497 e. The number of benzene rings is 2. The fraction of sp³-hybridized carbons (Fsp3) is 0.111. The highest BCUT2D eigenvalue weighted by atomic mass is 79.9. The molecule has 0 spiro atoms. The van der Waals surface area contributed by atoms with Crippen LogP contribution < -0.4 is 4.74 Å². The highest BCUT2D eigenvalue weighted by Gasteiger charge is 2.21. The first-order valence-corrected chi connectivity index (χ1v) is 7.83. The molecule has 0 unspecified atom stereocenters. The lowest BCUT2D eigenvalue weighted by atomic mass is 10.1. The van der Waals surface area contributed by atoms with Crippen LogP contribution in [-0.2, 0) is 4.74 Å². The number of carbonyl (C=O) groups is 2. The summed E-state index contributed by atoms with van der Waals surface area (Å²) in [5, 5.41) is 0.521. The maximum atomic E-state index is 12.6. The second-order valence-corrected chi connectivity index (χ2v) is 5.85. The van der Waals surface area contributed by atoms with Gasteiger partial charge < -0.3 is 13.9 Å². The minimum absolute atomic E-state index is 0.151. The van der Waals surface area contributed by atoms with Gasteiger partial charge in [0.2, 0.25) is 5.78 Å². The molecule has 0 saturated heterocycles. The third-order valence-corrected chi connectivity index (χ3v) is 4.28. The molecule has 5 nitrogen and oxygen atoms in total. The zero-order valence-electron chi connectivity index (χ0n) is 13.0. The molecule has 0 bridgehead atoms. The Morgan fingerprint density at radius 1 is 1.04 bits per heavy atom. The predicted molar refractivity (Wildman–Crippen MR) is 91.7 cm³/mol. The molecule has 24 heavy (non-hydrogen) atoms. The van der Waals surface area contributed by atoms with Crippen LogP contribution in [-0.4, -0.2) is 26.0 Å². The second kappa shape index (κ2) is 6.49. The standard InChI is InChI=1S/C18H13BrO5/c1-22-11-5-3-10(4-6-11)17(20)15-9-12-14(24-15)8-7-13(19)16(12)18(21)23-2/h3-9H,1-2H3. The van der Waals surface area contributed by atoms with Gasteiger partial charge in [-0.2, -0.15) is 0 Å². The van der Waals surface area contributed by atoms with Gasteiger partial charge in [0.15, 0.2) is 5.76 Å². The number of halogens is 1. The van der Waals surface area contributed by atoms with Crippen molar-refractivity contribution in [1.82, 2.24) is 0 Å². The van der Waals surface area contributed by atoms with Crippen LogP contribution in [0.4, 0.5) is 0 Å². The average molecular weight is 389 g/mol. The number of esters is 1. The lowest BCUT2D eigenvalue weighted by molar-refractivity contribution is 0.0602. The van der Waals surface area contributed by atoms with E-state index in [9.17, 15) is 9.59 Å². The Balaban J connectivity index is 2.07. The van der Waals surface area contributed by atoms with Crippen molar-refractivity contribution in [2.45, 2.75) is 0 Å². The number of ether oxygens (including phenoxy) is 2. The van der Waals surface area contributed by atoms with Crippen LogP contribution in [0.1, 0.15) is 26.5 Å². The summed E-state index contributed by atoms with van der Waals surface area (Å²) >= 11 is 3.32. The van der Waals surface area contributed by atoms with E-state index in [4.69, 9.17) is 13.9 Å². The molecule has 6 heteroatoms. The molecule has 0 fully saturated rings. The van der Waals surface area contributed by atoms with E-state index < -0.39 is 5.97 Å². The summed E-state index contributed by atoms with van der Waals surface area (Å²) in [5.74, 6) is 0.0315. The smallest absolute Gasteiger partial charge is 0.339 e. The van der Waals surface area contributed by atoms with E-state index in [0.717, 1.165) is 0 Å². The van der Waals surface area contributed by atoms with Crippen molar-refractivity contribution in [2.24, 2.45) is 0 Å². The van der Waals surface area contributed by atoms with Crippen LogP contribution in [0.2, 0.25) is 0 Å². The molecule has 2 aromatic carbocycles. The summed E-state index contributed by atoms with van der Waals surface area (Å²) in [5.41, 5.74) is 1.23. The molecule has 122 valence electrons. The molecule has 0 aliphatic heterocycles. The molecule has 0 N–H and O–H groups in total. The van der Waals surface area contributed by atoms with Gasteiger partial charge in [-0.15, -0.1) is 0 Å². The normalized spacial score (nSPS) is 10.6. The quantitative estimate of drug-likeness (QED) is 0.494. The number of fused-ring (bicyclic) bond motifs is 1. The molecule has 0 amide bonds. The van der Waals surface area contributed by atoms with Gasteiger partial charge in [0.05, 0.1) is 19.8 Å². The number of furan rings is 1. The van der Waals surface area contributed by atoms with E-state index in [2.05, 4.69) is 15.9 Å². The monoisotopic (exact) mass is 388 g/mol. The maximum absolute atomic E-state index is 12.6. The fourth-order valence-electron chi connectivity index (χ4n) is 2.39. The van der Waals surface area contributed by atoms with Gasteiger partial charge >= 0.3 is 5.97 Å². The van der Waals surface area contributed by atoms with E-state index in [-0.39, 0.29) is 11.5 Å². The van der Waals surface area contributed by atoms with Crippen molar-refractivity contribution in [3.63, 3.8) is 0 Å². The summed E-state index contributed by atoms with van der Waals surface area (Å²) in [6.45, 7) is 0. The third kappa shape index (κ3) is 2.80. The number of hydrogen-bond acceptors (Lipinski definition) is 5. The van der Waals surface area contributed by atoms with Crippen LogP contribution in [0.5, 0.6) is 5.75 Å². The predicted octanol–water partition coefficient (Wildman–Crippen LogP) is 4.22. The van der Waals surface area contributed by atoms with Gasteiger partial charge in [-0.25, -0.2) is 4.79 Å². The van der Waals surface area contributed by atoms with Crippen molar-refractivity contribution in [3.05, 3.63) is 63.8 Å². The fourth-order valence-corrected chi connectivity index (χ4v) is 2.90. The Morgan fingerprint density at radius 3 is 2.38 bits per heavy atom. The molecular formula is C18H13BrO5. The number of methoxy groups -OCH3 is 2. The average Bonchev–Trinajstić information content (AvgIpc) is 3.04. The SMILES string of the molecule is COC(=O)c1c(Br)ccc2oc(C(=O)c3ccc(OC)cc3)cc12. The van der Waals surface area contributed by atoms with Crippen molar-refractivity contribution < 1.29 is 23.5 Å². The molecule has 0 saturated carbocycles. The molecule has 3 rings (SSSR count). The Kier molecular flexibility index (Phi) is 4.40. The molecule has 1 heterocycles. The summed E-state index contributed by atoms with van der Waals surface area (Å²) < 4.78 is 16.1. The number of ketones is 1. The summed E-state index contributed by atoms with van der Waals surface area (Å²) in [6.07, 6.45) is 0. The van der Waals surface area contributed by atoms with Gasteiger partial charge in [0.1, 0.15) is 11.3 Å². The molecule has 0 radical (unpaired) electrons. The summed E-state index contributed by atoms with van der Waals surface area (Å²) in [6, 6.07) is 11.6. The Labute approximate surface area is 146 Å². The van der Waals surface area contributed by atoms with Crippen molar-refractivity contribution in [1.29, 1.82) is 0 Å². The highest BCUT2D eigenvalue weighted by molar-refractivity contribution is 9.10. The molecule has 0 aliphatic rings. The maximum Gasteiger partial charge on any atom is 0.339 e. The lowest BCUT2D eigenvalue weighted by Crippen LogP contribution is -2.02. The van der Waals surface area contributed by atoms with Crippen LogP contribution >= 0.6 is 15.9 Å². The van der Waals surface area contributed by atoms with Crippen LogP contribution in [0, 0.1) is 0 Å². The first-order valence-electron chi connectivity index (χ1n) is 7.04. The molecule has 1 aromatic heterocycles. The third-order valence-electron chi connectivity index (χ3n) is 3.62. The summed E-state index contributed by atoms with van der Waals surface area (Å²) in [7, 11) is 2.86. The van der Waals surface area contributed by atoms with Crippen LogP contribution in [0.3, 0.4) is 0 Å². The Bertz CT molecular complexity index is 924. The zero-order chi connectivity index (χ0) is 17.3. The van der Waals surface area contributed by atoms with Crippen molar-refractivity contribution >= 4 is 38.7 Å². The Hall–Kier alpha value is -2.60. The van der Waals surface area contributed by atoms with Crippen molar-refractivity contribution in [2.75, 3.05) is 14.2 Å². The second-order valence-electron chi connectivity index (χ2n) is 4.99. The van der Waals surface area contributed by atoms with Gasteiger partial charge in [0.25, 0.3) is 0 Å². The first kappa shape index (κ1) is 16.3. The molecule has 0 atom stereocenters. The van der Waals surface area contributed by atoms with Crippen molar-refractivity contribution in [3.8, 4) is 5.75 Å². The van der Waals surface area contributed by atoms with E-state index in [1.54, 1.807) is 49.6 Å². The topological polar surface area (TPSA) is 65.7 Å². The molecular weight excluding hydrogens is 376 g/mol. The van der Waals surface area contributed by atoms with Crippen LogP contribution in [0.25, 0.3) is 11.0 Å². The number of hydrogen-bond donors (Lipinski definition) is 0. The van der Waals surface area contributed by atoms with Gasteiger partial charge in [0, 0.05) is 15.4 Å². The summed E-state index contributed by atoms with van der Waals surface area (Å²) in [4.78, 5) is 24.6. The zero-order valence-corrected chi connectivity index (χ0v) is 14.5. The lowest BCUT2D eigenvalue weighted by Gasteiger charge is -2.02. The number of rotatable bonds is 4. The minimum atomic E-state index is -0.503. The van der Waals surface area contributed by atoms with E-state index in [1.807, 2.05) is 0 Å². The Morgan fingerprint density at radius 2 is 1.75 bits per heavy atom. The highest BCUT2D eigenvalue weighted by Crippen LogP contribution is 2.30. The van der Waals surface area contributed by atoms with Gasteiger partial charge in [-0.3, -0.25) is 4.79 Å². The van der Waals surface area contributed by atoms with Gasteiger partial charge in [-0.05, 0) is 58.4 Å². The first-order chi connectivity index (χ1) is 11.5. The van der Waals surface area contributed by atoms with Crippen LogP contribution in [0.15, 0.2) is 51.4 Å². The van der Waals surface area contributed by atoms with Gasteiger partial charge in [-0.1, -0.05) is 0 Å². The largest absolute Gasteiger partial charge is 0.497 e. The van der Waals surface area contributed by atoms with E-state index in [0.29, 0.717) is 32.3 Å². The molecule has 0 aliphatic carbocycles. The number of carbonyl (C=O) groups excluding carboxylic acids is 2. The molecule has 3 aromatic rings. The van der Waals surface area contributed by atoms with E-state index >= 15 is 0 Å².